The number of nitrogens with zero attached hydrogens (tertiary/aromatic N) is 4. The lowest BCUT2D eigenvalue weighted by atomic mass is 10.1. The molecule has 28 heavy (non-hydrogen) atoms. The maximum absolute atomic E-state index is 10.7. The van der Waals surface area contributed by atoms with Crippen molar-refractivity contribution >= 4 is 45.9 Å². The SMILES string of the molecule is O=C(O)CCO[C@@H]1CCN(c2cc(-n3ccnc3)c3ccc(Cl)c(Cl)c3n2)C1. The number of carboxylic acid groups (broad SMARTS) is 1. The number of aliphatic carboxylic acids is 1. The molecule has 3 aromatic rings. The highest BCUT2D eigenvalue weighted by atomic mass is 35.5. The van der Waals surface area contributed by atoms with Crippen LogP contribution in [0.1, 0.15) is 12.8 Å². The smallest absolute Gasteiger partial charge is 0.305 e. The molecule has 1 atom stereocenters. The van der Waals surface area contributed by atoms with Crippen LogP contribution >= 0.6 is 23.2 Å². The Morgan fingerprint density at radius 1 is 1.36 bits per heavy atom. The van der Waals surface area contributed by atoms with Gasteiger partial charge in [0, 0.05) is 36.9 Å². The summed E-state index contributed by atoms with van der Waals surface area (Å²) in [4.78, 5) is 21.7. The number of imidazole rings is 1. The summed E-state index contributed by atoms with van der Waals surface area (Å²) in [5.74, 6) is -0.0905. The van der Waals surface area contributed by atoms with E-state index in [4.69, 9.17) is 38.0 Å². The number of benzene rings is 1. The third-order valence-corrected chi connectivity index (χ3v) is 5.55. The summed E-state index contributed by atoms with van der Waals surface area (Å²) in [6.07, 6.45) is 6.09. The van der Waals surface area contributed by atoms with Gasteiger partial charge in [0.1, 0.15) is 5.82 Å². The molecule has 0 unspecified atom stereocenters. The van der Waals surface area contributed by atoms with Crippen LogP contribution in [0.5, 0.6) is 0 Å². The zero-order valence-corrected chi connectivity index (χ0v) is 16.4. The Hall–Kier alpha value is -2.35. The van der Waals surface area contributed by atoms with Crippen molar-refractivity contribution in [2.24, 2.45) is 0 Å². The fraction of sp³-hybridized carbons (Fsp3) is 0.316. The lowest BCUT2D eigenvalue weighted by molar-refractivity contribution is -0.138. The molecule has 0 spiro atoms. The van der Waals surface area contributed by atoms with Gasteiger partial charge < -0.3 is 19.3 Å². The lowest BCUT2D eigenvalue weighted by Gasteiger charge is -2.20. The van der Waals surface area contributed by atoms with Gasteiger partial charge in [-0.1, -0.05) is 23.2 Å². The van der Waals surface area contributed by atoms with Crippen molar-refractivity contribution in [1.29, 1.82) is 0 Å². The van der Waals surface area contributed by atoms with Crippen LogP contribution in [0.15, 0.2) is 36.9 Å². The number of hydrogen-bond acceptors (Lipinski definition) is 5. The van der Waals surface area contributed by atoms with Crippen molar-refractivity contribution < 1.29 is 14.6 Å². The summed E-state index contributed by atoms with van der Waals surface area (Å²) < 4.78 is 7.60. The number of carbonyl (C=O) groups is 1. The summed E-state index contributed by atoms with van der Waals surface area (Å²) >= 11 is 12.7. The topological polar surface area (TPSA) is 80.5 Å². The number of pyridine rings is 1. The zero-order valence-electron chi connectivity index (χ0n) is 14.9. The van der Waals surface area contributed by atoms with Crippen LogP contribution in [-0.2, 0) is 9.53 Å². The minimum Gasteiger partial charge on any atom is -0.481 e. The van der Waals surface area contributed by atoms with Crippen molar-refractivity contribution in [3.8, 4) is 5.69 Å². The highest BCUT2D eigenvalue weighted by molar-refractivity contribution is 6.45. The Balaban J connectivity index is 1.66. The maximum Gasteiger partial charge on any atom is 0.305 e. The summed E-state index contributed by atoms with van der Waals surface area (Å²) in [5, 5.41) is 10.5. The number of carboxylic acids is 1. The van der Waals surface area contributed by atoms with Crippen molar-refractivity contribution in [3.63, 3.8) is 0 Å². The molecule has 0 aliphatic carbocycles. The zero-order chi connectivity index (χ0) is 19.7. The molecule has 146 valence electrons. The van der Waals surface area contributed by atoms with E-state index in [0.717, 1.165) is 29.9 Å². The van der Waals surface area contributed by atoms with Crippen LogP contribution in [0.3, 0.4) is 0 Å². The molecule has 0 bridgehead atoms. The first kappa shape index (κ1) is 19.0. The fourth-order valence-corrected chi connectivity index (χ4v) is 3.72. The molecule has 1 N–H and O–H groups in total. The van der Waals surface area contributed by atoms with E-state index in [1.165, 1.54) is 0 Å². The first-order valence-electron chi connectivity index (χ1n) is 8.88. The largest absolute Gasteiger partial charge is 0.481 e. The second-order valence-electron chi connectivity index (χ2n) is 6.60. The van der Waals surface area contributed by atoms with Gasteiger partial charge >= 0.3 is 5.97 Å². The number of hydrogen-bond donors (Lipinski definition) is 1. The Morgan fingerprint density at radius 2 is 2.21 bits per heavy atom. The minimum atomic E-state index is -0.859. The molecule has 4 rings (SSSR count). The molecule has 2 aromatic heterocycles. The molecular formula is C19H18Cl2N4O3. The van der Waals surface area contributed by atoms with Crippen LogP contribution in [0.4, 0.5) is 5.82 Å². The predicted octanol–water partition coefficient (Wildman–Crippen LogP) is 3.80. The third kappa shape index (κ3) is 3.78. The normalized spacial score (nSPS) is 16.8. The summed E-state index contributed by atoms with van der Waals surface area (Å²) in [6, 6.07) is 5.65. The van der Waals surface area contributed by atoms with Crippen LogP contribution in [0.2, 0.25) is 10.0 Å². The van der Waals surface area contributed by atoms with Gasteiger partial charge in [0.15, 0.2) is 0 Å². The summed E-state index contributed by atoms with van der Waals surface area (Å²) in [7, 11) is 0. The number of rotatable bonds is 6. The second kappa shape index (κ2) is 7.95. The monoisotopic (exact) mass is 420 g/mol. The lowest BCUT2D eigenvalue weighted by Crippen LogP contribution is -2.24. The molecule has 7 nitrogen and oxygen atoms in total. The van der Waals surface area contributed by atoms with Crippen molar-refractivity contribution in [2.45, 2.75) is 18.9 Å². The number of ether oxygens (including phenoxy) is 1. The van der Waals surface area contributed by atoms with E-state index in [1.807, 2.05) is 22.9 Å². The van der Waals surface area contributed by atoms with Crippen LogP contribution in [0.25, 0.3) is 16.6 Å². The van der Waals surface area contributed by atoms with Crippen molar-refractivity contribution in [3.05, 3.63) is 47.0 Å². The molecule has 0 saturated carbocycles. The Morgan fingerprint density at radius 3 is 2.96 bits per heavy atom. The maximum atomic E-state index is 10.7. The van der Waals surface area contributed by atoms with Crippen LogP contribution in [0, 0.1) is 0 Å². The standard InChI is InChI=1S/C19H18Cl2N4O3/c20-14-2-1-13-15(25-7-5-22-11-25)9-16(23-19(13)18(14)21)24-6-3-12(10-24)28-8-4-17(26)27/h1-2,5,7,9,11-12H,3-4,6,8,10H2,(H,26,27)/t12-/m1/s1. The number of aromatic nitrogens is 3. The van der Waals surface area contributed by atoms with Crippen molar-refractivity contribution in [1.82, 2.24) is 14.5 Å². The van der Waals surface area contributed by atoms with E-state index in [2.05, 4.69) is 9.88 Å². The molecule has 1 aliphatic heterocycles. The average molecular weight is 421 g/mol. The molecule has 1 fully saturated rings. The van der Waals surface area contributed by atoms with E-state index in [-0.39, 0.29) is 19.1 Å². The van der Waals surface area contributed by atoms with Gasteiger partial charge in [-0.25, -0.2) is 9.97 Å². The van der Waals surface area contributed by atoms with Gasteiger partial charge in [0.05, 0.1) is 46.7 Å². The summed E-state index contributed by atoms with van der Waals surface area (Å²) in [6.45, 7) is 1.61. The third-order valence-electron chi connectivity index (χ3n) is 4.76. The molecule has 9 heteroatoms. The highest BCUT2D eigenvalue weighted by Crippen LogP contribution is 2.35. The molecule has 0 amide bonds. The molecule has 3 heterocycles. The van der Waals surface area contributed by atoms with Gasteiger partial charge in [-0.05, 0) is 18.6 Å². The average Bonchev–Trinajstić information content (AvgIpc) is 3.36. The number of halogens is 2. The van der Waals surface area contributed by atoms with Crippen LogP contribution in [-0.4, -0.2) is 51.4 Å². The molecule has 1 aliphatic rings. The Bertz CT molecular complexity index is 1010. The molecular weight excluding hydrogens is 403 g/mol. The van der Waals surface area contributed by atoms with E-state index >= 15 is 0 Å². The quantitative estimate of drug-likeness (QED) is 0.652. The highest BCUT2D eigenvalue weighted by Gasteiger charge is 2.25. The van der Waals surface area contributed by atoms with E-state index in [0.29, 0.717) is 22.1 Å². The molecule has 0 radical (unpaired) electrons. The first-order valence-corrected chi connectivity index (χ1v) is 9.64. The molecule has 1 saturated heterocycles. The second-order valence-corrected chi connectivity index (χ2v) is 7.38. The minimum absolute atomic E-state index is 0.00358. The van der Waals surface area contributed by atoms with Crippen LogP contribution < -0.4 is 4.90 Å². The molecule has 1 aromatic carbocycles. The Labute approximate surface area is 171 Å². The number of anilines is 1. The van der Waals surface area contributed by atoms with Gasteiger partial charge in [0.25, 0.3) is 0 Å². The predicted molar refractivity (Wildman–Crippen MR) is 108 cm³/mol. The summed E-state index contributed by atoms with van der Waals surface area (Å²) in [5.41, 5.74) is 1.54. The fourth-order valence-electron chi connectivity index (χ4n) is 3.37. The van der Waals surface area contributed by atoms with E-state index in [1.54, 1.807) is 18.6 Å². The Kier molecular flexibility index (Phi) is 5.39. The van der Waals surface area contributed by atoms with Crippen molar-refractivity contribution in [2.75, 3.05) is 24.6 Å². The van der Waals surface area contributed by atoms with Gasteiger partial charge in [-0.2, -0.15) is 0 Å². The van der Waals surface area contributed by atoms with Gasteiger partial charge in [-0.15, -0.1) is 0 Å². The van der Waals surface area contributed by atoms with E-state index < -0.39 is 5.97 Å². The number of fused-ring (bicyclic) bond motifs is 1. The van der Waals surface area contributed by atoms with Gasteiger partial charge in [0.2, 0.25) is 0 Å². The first-order chi connectivity index (χ1) is 13.5. The van der Waals surface area contributed by atoms with E-state index in [9.17, 15) is 4.79 Å². The van der Waals surface area contributed by atoms with Gasteiger partial charge in [-0.3, -0.25) is 4.79 Å².